The topological polar surface area (TPSA) is 109 Å². The number of nitrogens with two attached hydrogens (primary N) is 1. The minimum atomic E-state index is -0.664. The molecule has 1 aliphatic heterocycles. The number of piperidine rings is 1. The van der Waals surface area contributed by atoms with E-state index in [0.29, 0.717) is 24.0 Å². The molecule has 0 aliphatic carbocycles. The van der Waals surface area contributed by atoms with Gasteiger partial charge in [0.2, 0.25) is 0 Å². The highest BCUT2D eigenvalue weighted by atomic mass is 16.2. The molecular formula is C25H33N7O2. The summed E-state index contributed by atoms with van der Waals surface area (Å²) in [5.74, 6) is -0.476. The molecule has 0 radical (unpaired) electrons. The number of carbonyl (C=O) groups excluding carboxylic acids is 2. The first-order valence-corrected chi connectivity index (χ1v) is 11.7. The largest absolute Gasteiger partial charge is 0.383 e. The van der Waals surface area contributed by atoms with Gasteiger partial charge in [0.15, 0.2) is 0 Å². The fraction of sp³-hybridized carbons (Fsp3) is 0.440. The summed E-state index contributed by atoms with van der Waals surface area (Å²) in [5.41, 5.74) is 9.05. The van der Waals surface area contributed by atoms with E-state index in [9.17, 15) is 9.59 Å². The molecule has 3 N–H and O–H groups in total. The van der Waals surface area contributed by atoms with E-state index in [1.807, 2.05) is 25.0 Å². The molecule has 1 saturated heterocycles. The van der Waals surface area contributed by atoms with E-state index in [1.54, 1.807) is 17.9 Å². The Morgan fingerprint density at radius 3 is 2.74 bits per heavy atom. The molecule has 9 nitrogen and oxygen atoms in total. The Kier molecular flexibility index (Phi) is 6.83. The number of benzene rings is 1. The molecule has 3 heterocycles. The summed E-state index contributed by atoms with van der Waals surface area (Å²) in [6.07, 6.45) is 5.14. The highest BCUT2D eigenvalue weighted by Crippen LogP contribution is 2.35. The Bertz CT molecular complexity index is 1200. The van der Waals surface area contributed by atoms with Crippen molar-refractivity contribution in [1.82, 2.24) is 24.6 Å². The van der Waals surface area contributed by atoms with Gasteiger partial charge in [-0.2, -0.15) is 5.10 Å². The van der Waals surface area contributed by atoms with Crippen LogP contribution in [0.3, 0.4) is 0 Å². The van der Waals surface area contributed by atoms with Crippen molar-refractivity contribution in [3.05, 3.63) is 47.8 Å². The Morgan fingerprint density at radius 2 is 2.00 bits per heavy atom. The summed E-state index contributed by atoms with van der Waals surface area (Å²) in [6.45, 7) is 6.16. The summed E-state index contributed by atoms with van der Waals surface area (Å²) < 4.78 is 2.00. The van der Waals surface area contributed by atoms with E-state index < -0.39 is 11.8 Å². The fourth-order valence-corrected chi connectivity index (χ4v) is 4.48. The molecule has 180 valence electrons. The number of amides is 2. The first kappa shape index (κ1) is 23.7. The van der Waals surface area contributed by atoms with Gasteiger partial charge in [0.05, 0.1) is 36.2 Å². The number of likely N-dealkylation sites (N-methyl/N-ethyl adjacent to an activating group) is 1. The molecule has 2 aromatic heterocycles. The lowest BCUT2D eigenvalue weighted by atomic mass is 9.89. The Balaban J connectivity index is 1.55. The number of rotatable bonds is 5. The van der Waals surface area contributed by atoms with Crippen LogP contribution in [-0.2, 0) is 16.1 Å². The Hall–Kier alpha value is -3.46. The molecule has 1 aliphatic rings. The van der Waals surface area contributed by atoms with Gasteiger partial charge in [-0.3, -0.25) is 14.3 Å². The van der Waals surface area contributed by atoms with Crippen LogP contribution in [-0.4, -0.2) is 63.6 Å². The van der Waals surface area contributed by atoms with Crippen LogP contribution in [0.5, 0.6) is 0 Å². The first-order chi connectivity index (χ1) is 16.2. The molecule has 2 atom stereocenters. The molecule has 0 unspecified atom stereocenters. The van der Waals surface area contributed by atoms with Crippen LogP contribution >= 0.6 is 0 Å². The van der Waals surface area contributed by atoms with Crippen LogP contribution in [0.4, 0.5) is 11.5 Å². The predicted octanol–water partition coefficient (Wildman–Crippen LogP) is 2.82. The van der Waals surface area contributed by atoms with Gasteiger partial charge in [-0.15, -0.1) is 0 Å². The normalized spacial score (nSPS) is 18.4. The number of nitrogens with zero attached hydrogens (tertiary/aromatic N) is 5. The second kappa shape index (κ2) is 9.80. The van der Waals surface area contributed by atoms with Gasteiger partial charge in [-0.1, -0.05) is 13.0 Å². The quantitative estimate of drug-likeness (QED) is 0.563. The second-order valence-corrected chi connectivity index (χ2v) is 9.53. The number of aryl methyl sites for hydroxylation is 1. The third kappa shape index (κ3) is 5.04. The Morgan fingerprint density at radius 1 is 1.21 bits per heavy atom. The molecule has 0 bridgehead atoms. The molecule has 0 saturated carbocycles. The van der Waals surface area contributed by atoms with Crippen molar-refractivity contribution < 1.29 is 9.59 Å². The van der Waals surface area contributed by atoms with Crippen LogP contribution in [0.1, 0.15) is 36.9 Å². The lowest BCUT2D eigenvalue weighted by Crippen LogP contribution is -2.46. The molecule has 2 amide bonds. The Labute approximate surface area is 199 Å². The van der Waals surface area contributed by atoms with E-state index >= 15 is 0 Å². The van der Waals surface area contributed by atoms with Crippen molar-refractivity contribution in [2.24, 2.45) is 5.92 Å². The summed E-state index contributed by atoms with van der Waals surface area (Å²) in [6, 6.07) is 7.78. The maximum Gasteiger partial charge on any atom is 0.313 e. The van der Waals surface area contributed by atoms with E-state index in [0.717, 1.165) is 48.0 Å². The monoisotopic (exact) mass is 463 g/mol. The van der Waals surface area contributed by atoms with E-state index in [4.69, 9.17) is 5.73 Å². The lowest BCUT2D eigenvalue weighted by Gasteiger charge is -2.38. The van der Waals surface area contributed by atoms with Gasteiger partial charge in [0, 0.05) is 18.5 Å². The predicted molar refractivity (Wildman–Crippen MR) is 133 cm³/mol. The standard InChI is InChI=1S/C25H33N7O2/c1-16-5-7-21(18-6-8-22-19(12-18)13-28-32(22)10-9-30(3)4)31(15-16)25(34)24(33)29-20-11-17(2)23(26)27-14-20/h6,8,11-14,16,21H,5,7,9-10,15H2,1-4H3,(H2,26,27)(H,29,33)/t16-,21+/m0/s1. The van der Waals surface area contributed by atoms with Crippen LogP contribution in [0.2, 0.25) is 0 Å². The average Bonchev–Trinajstić information content (AvgIpc) is 3.21. The van der Waals surface area contributed by atoms with Gasteiger partial charge in [0.1, 0.15) is 5.82 Å². The van der Waals surface area contributed by atoms with E-state index in [1.165, 1.54) is 6.20 Å². The number of likely N-dealkylation sites (tertiary alicyclic amines) is 1. The number of hydrogen-bond acceptors (Lipinski definition) is 6. The maximum atomic E-state index is 13.2. The first-order valence-electron chi connectivity index (χ1n) is 11.7. The number of pyridine rings is 1. The van der Waals surface area contributed by atoms with E-state index in [2.05, 4.69) is 45.4 Å². The zero-order valence-electron chi connectivity index (χ0n) is 20.3. The van der Waals surface area contributed by atoms with Gasteiger partial charge < -0.3 is 20.9 Å². The average molecular weight is 464 g/mol. The highest BCUT2D eigenvalue weighted by molar-refractivity contribution is 6.39. The molecule has 34 heavy (non-hydrogen) atoms. The van der Waals surface area contributed by atoms with Crippen molar-refractivity contribution in [3.63, 3.8) is 0 Å². The van der Waals surface area contributed by atoms with Crippen molar-refractivity contribution in [1.29, 1.82) is 0 Å². The number of hydrogen-bond donors (Lipinski definition) is 2. The summed E-state index contributed by atoms with van der Waals surface area (Å²) in [7, 11) is 4.08. The SMILES string of the molecule is Cc1cc(NC(=O)C(=O)N2C[C@@H](C)CC[C@@H]2c2ccc3c(cnn3CCN(C)C)c2)cnc1N. The lowest BCUT2D eigenvalue weighted by molar-refractivity contribution is -0.146. The van der Waals surface area contributed by atoms with Crippen LogP contribution in [0, 0.1) is 12.8 Å². The molecule has 3 aromatic rings. The van der Waals surface area contributed by atoms with E-state index in [-0.39, 0.29) is 6.04 Å². The minimum absolute atomic E-state index is 0.157. The molecule has 9 heteroatoms. The zero-order chi connectivity index (χ0) is 24.4. The minimum Gasteiger partial charge on any atom is -0.383 e. The van der Waals surface area contributed by atoms with Gasteiger partial charge in [-0.25, -0.2) is 4.98 Å². The number of anilines is 2. The number of nitrogens with one attached hydrogen (secondary N) is 1. The summed E-state index contributed by atoms with van der Waals surface area (Å²) >= 11 is 0. The van der Waals surface area contributed by atoms with Gasteiger partial charge >= 0.3 is 11.8 Å². The number of fused-ring (bicyclic) bond motifs is 1. The molecule has 4 rings (SSSR count). The van der Waals surface area contributed by atoms with Crippen LogP contribution < -0.4 is 11.1 Å². The fourth-order valence-electron chi connectivity index (χ4n) is 4.48. The van der Waals surface area contributed by atoms with Crippen molar-refractivity contribution >= 4 is 34.2 Å². The van der Waals surface area contributed by atoms with Crippen molar-refractivity contribution in [3.8, 4) is 0 Å². The highest BCUT2D eigenvalue weighted by Gasteiger charge is 2.34. The molecule has 0 spiro atoms. The second-order valence-electron chi connectivity index (χ2n) is 9.53. The van der Waals surface area contributed by atoms with Gasteiger partial charge in [0.25, 0.3) is 0 Å². The summed E-state index contributed by atoms with van der Waals surface area (Å²) in [4.78, 5) is 34.0. The zero-order valence-corrected chi connectivity index (χ0v) is 20.3. The van der Waals surface area contributed by atoms with Crippen molar-refractivity contribution in [2.75, 3.05) is 38.2 Å². The van der Waals surface area contributed by atoms with Crippen LogP contribution in [0.25, 0.3) is 10.9 Å². The van der Waals surface area contributed by atoms with Crippen molar-refractivity contribution in [2.45, 2.75) is 39.3 Å². The number of nitrogen functional groups attached to an aromatic ring is 1. The number of aromatic nitrogens is 3. The van der Waals surface area contributed by atoms with Crippen LogP contribution in [0.15, 0.2) is 36.7 Å². The van der Waals surface area contributed by atoms with Gasteiger partial charge in [-0.05, 0) is 69.1 Å². The third-order valence-electron chi connectivity index (χ3n) is 6.46. The molecule has 1 aromatic carbocycles. The maximum absolute atomic E-state index is 13.2. The summed E-state index contributed by atoms with van der Waals surface area (Å²) in [5, 5.41) is 8.26. The molecular weight excluding hydrogens is 430 g/mol. The third-order valence-corrected chi connectivity index (χ3v) is 6.46. The molecule has 1 fully saturated rings. The smallest absolute Gasteiger partial charge is 0.313 e. The number of carbonyl (C=O) groups is 2.